The van der Waals surface area contributed by atoms with E-state index in [1.54, 1.807) is 11.3 Å². The molecular weight excluding hydrogens is 242 g/mol. The molecule has 3 rings (SSSR count). The average molecular weight is 261 g/mol. The van der Waals surface area contributed by atoms with Crippen LogP contribution in [-0.2, 0) is 0 Å². The number of anilines is 1. The van der Waals surface area contributed by atoms with Gasteiger partial charge in [-0.05, 0) is 50.9 Å². The Kier molecular flexibility index (Phi) is 3.48. The first-order chi connectivity index (χ1) is 8.83. The lowest BCUT2D eigenvalue weighted by Crippen LogP contribution is -2.38. The van der Waals surface area contributed by atoms with E-state index < -0.39 is 0 Å². The van der Waals surface area contributed by atoms with Gasteiger partial charge in [-0.1, -0.05) is 23.5 Å². The minimum Gasteiger partial charge on any atom is -0.359 e. The third-order valence-electron chi connectivity index (χ3n) is 3.69. The second-order valence-corrected chi connectivity index (χ2v) is 6.06. The number of hydrogen-bond donors (Lipinski definition) is 2. The van der Waals surface area contributed by atoms with E-state index >= 15 is 0 Å². The molecule has 1 aromatic carbocycles. The normalized spacial score (nSPS) is 21.9. The molecule has 3 nitrogen and oxygen atoms in total. The number of hydrogen-bond acceptors (Lipinski definition) is 4. The third kappa shape index (κ3) is 2.49. The minimum absolute atomic E-state index is 0.485. The van der Waals surface area contributed by atoms with Crippen LogP contribution in [0.5, 0.6) is 0 Å². The first kappa shape index (κ1) is 11.9. The lowest BCUT2D eigenvalue weighted by molar-refractivity contribution is 0.347. The largest absolute Gasteiger partial charge is 0.359 e. The molecule has 1 aromatic heterocycles. The molecule has 0 amide bonds. The topological polar surface area (TPSA) is 37.0 Å². The maximum atomic E-state index is 4.63. The zero-order valence-corrected chi connectivity index (χ0v) is 11.5. The monoisotopic (exact) mass is 261 g/mol. The Hall–Kier alpha value is -1.13. The van der Waals surface area contributed by atoms with Crippen LogP contribution >= 0.6 is 11.3 Å². The van der Waals surface area contributed by atoms with Gasteiger partial charge in [0.1, 0.15) is 0 Å². The van der Waals surface area contributed by atoms with Gasteiger partial charge in [0.25, 0.3) is 0 Å². The van der Waals surface area contributed by atoms with E-state index in [0.29, 0.717) is 12.0 Å². The van der Waals surface area contributed by atoms with Crippen LogP contribution in [-0.4, -0.2) is 24.1 Å². The average Bonchev–Trinajstić information content (AvgIpc) is 2.82. The highest BCUT2D eigenvalue weighted by Crippen LogP contribution is 2.27. The molecule has 4 heteroatoms. The van der Waals surface area contributed by atoms with E-state index in [4.69, 9.17) is 0 Å². The van der Waals surface area contributed by atoms with Gasteiger partial charge in [-0.25, -0.2) is 4.98 Å². The van der Waals surface area contributed by atoms with Crippen LogP contribution in [0.1, 0.15) is 19.8 Å². The molecule has 1 fully saturated rings. The van der Waals surface area contributed by atoms with Crippen LogP contribution in [0.3, 0.4) is 0 Å². The highest BCUT2D eigenvalue weighted by atomic mass is 32.1. The van der Waals surface area contributed by atoms with Crippen molar-refractivity contribution in [2.24, 2.45) is 5.92 Å². The first-order valence-corrected chi connectivity index (χ1v) is 7.47. The Morgan fingerprint density at radius 3 is 3.11 bits per heavy atom. The summed E-state index contributed by atoms with van der Waals surface area (Å²) in [6.07, 6.45) is 2.60. The zero-order chi connectivity index (χ0) is 12.4. The summed E-state index contributed by atoms with van der Waals surface area (Å²) in [7, 11) is 0. The SMILES string of the molecule is CC(Nc1nc2ccccc2s1)C1CCCNC1. The van der Waals surface area contributed by atoms with Crippen LogP contribution in [0.15, 0.2) is 24.3 Å². The van der Waals surface area contributed by atoms with Gasteiger partial charge in [0.2, 0.25) is 0 Å². The number of benzene rings is 1. The van der Waals surface area contributed by atoms with Crippen molar-refractivity contribution >= 4 is 26.7 Å². The van der Waals surface area contributed by atoms with Gasteiger partial charge < -0.3 is 10.6 Å². The molecule has 96 valence electrons. The standard InChI is InChI=1S/C14H19N3S/c1-10(11-5-4-8-15-9-11)16-14-17-12-6-2-3-7-13(12)18-14/h2-3,6-7,10-11,15H,4-5,8-9H2,1H3,(H,16,17). The van der Waals surface area contributed by atoms with Gasteiger partial charge in [0.15, 0.2) is 5.13 Å². The van der Waals surface area contributed by atoms with Gasteiger partial charge in [0.05, 0.1) is 10.2 Å². The van der Waals surface area contributed by atoms with Gasteiger partial charge in [0, 0.05) is 6.04 Å². The predicted octanol–water partition coefficient (Wildman–Crippen LogP) is 3.10. The lowest BCUT2D eigenvalue weighted by atomic mass is 9.93. The molecule has 2 atom stereocenters. The fourth-order valence-corrected chi connectivity index (χ4v) is 3.51. The van der Waals surface area contributed by atoms with E-state index in [-0.39, 0.29) is 0 Å². The molecule has 0 aliphatic carbocycles. The maximum absolute atomic E-state index is 4.63. The number of para-hydroxylation sites is 1. The molecule has 1 aliphatic heterocycles. The number of rotatable bonds is 3. The van der Waals surface area contributed by atoms with Gasteiger partial charge >= 0.3 is 0 Å². The Balaban J connectivity index is 1.71. The third-order valence-corrected chi connectivity index (χ3v) is 4.65. The predicted molar refractivity (Wildman–Crippen MR) is 78.3 cm³/mol. The molecule has 2 unspecified atom stereocenters. The maximum Gasteiger partial charge on any atom is 0.184 e. The summed E-state index contributed by atoms with van der Waals surface area (Å²) in [6, 6.07) is 8.80. The van der Waals surface area contributed by atoms with Crippen LogP contribution in [0.25, 0.3) is 10.2 Å². The summed E-state index contributed by atoms with van der Waals surface area (Å²) in [5.41, 5.74) is 1.10. The zero-order valence-electron chi connectivity index (χ0n) is 10.6. The quantitative estimate of drug-likeness (QED) is 0.891. The lowest BCUT2D eigenvalue weighted by Gasteiger charge is -2.28. The van der Waals surface area contributed by atoms with Crippen LogP contribution in [0, 0.1) is 5.92 Å². The number of nitrogens with one attached hydrogen (secondary N) is 2. The summed E-state index contributed by atoms with van der Waals surface area (Å²) in [5.74, 6) is 0.714. The van der Waals surface area contributed by atoms with E-state index in [9.17, 15) is 0 Å². The van der Waals surface area contributed by atoms with Crippen molar-refractivity contribution in [2.45, 2.75) is 25.8 Å². The number of thiazole rings is 1. The van der Waals surface area contributed by atoms with Crippen molar-refractivity contribution in [1.82, 2.24) is 10.3 Å². The summed E-state index contributed by atoms with van der Waals surface area (Å²) in [4.78, 5) is 4.63. The molecule has 2 heterocycles. The van der Waals surface area contributed by atoms with Crippen molar-refractivity contribution < 1.29 is 0 Å². The molecule has 2 N–H and O–H groups in total. The van der Waals surface area contributed by atoms with Crippen molar-refractivity contribution in [1.29, 1.82) is 0 Å². The molecule has 1 aliphatic rings. The smallest absolute Gasteiger partial charge is 0.184 e. The fraction of sp³-hybridized carbons (Fsp3) is 0.500. The molecule has 0 spiro atoms. The number of nitrogens with zero attached hydrogens (tertiary/aromatic N) is 1. The van der Waals surface area contributed by atoms with E-state index in [1.165, 1.54) is 24.1 Å². The molecule has 0 bridgehead atoms. The highest BCUT2D eigenvalue weighted by Gasteiger charge is 2.20. The van der Waals surface area contributed by atoms with E-state index in [2.05, 4.69) is 40.7 Å². The second kappa shape index (κ2) is 5.24. The Morgan fingerprint density at radius 2 is 2.33 bits per heavy atom. The number of aromatic nitrogens is 1. The molecular formula is C14H19N3S. The molecule has 2 aromatic rings. The highest BCUT2D eigenvalue weighted by molar-refractivity contribution is 7.22. The van der Waals surface area contributed by atoms with Crippen LogP contribution < -0.4 is 10.6 Å². The summed E-state index contributed by atoms with van der Waals surface area (Å²) < 4.78 is 1.26. The van der Waals surface area contributed by atoms with Gasteiger partial charge in [-0.2, -0.15) is 0 Å². The Labute approximate surface area is 112 Å². The minimum atomic E-state index is 0.485. The molecule has 18 heavy (non-hydrogen) atoms. The summed E-state index contributed by atoms with van der Waals surface area (Å²) in [6.45, 7) is 4.56. The van der Waals surface area contributed by atoms with Crippen molar-refractivity contribution in [3.05, 3.63) is 24.3 Å². The van der Waals surface area contributed by atoms with Gasteiger partial charge in [-0.15, -0.1) is 0 Å². The number of piperidine rings is 1. The molecule has 0 radical (unpaired) electrons. The Morgan fingerprint density at radius 1 is 1.44 bits per heavy atom. The van der Waals surface area contributed by atoms with Crippen LogP contribution in [0.2, 0.25) is 0 Å². The second-order valence-electron chi connectivity index (χ2n) is 5.03. The van der Waals surface area contributed by atoms with E-state index in [0.717, 1.165) is 17.2 Å². The molecule has 0 saturated carbocycles. The van der Waals surface area contributed by atoms with E-state index in [1.807, 2.05) is 6.07 Å². The van der Waals surface area contributed by atoms with Crippen molar-refractivity contribution in [3.63, 3.8) is 0 Å². The Bertz CT molecular complexity index is 483. The summed E-state index contributed by atoms with van der Waals surface area (Å²) >= 11 is 1.75. The summed E-state index contributed by atoms with van der Waals surface area (Å²) in [5, 5.41) is 8.09. The molecule has 1 saturated heterocycles. The van der Waals surface area contributed by atoms with Crippen LogP contribution in [0.4, 0.5) is 5.13 Å². The fourth-order valence-electron chi connectivity index (χ4n) is 2.55. The van der Waals surface area contributed by atoms with Crippen molar-refractivity contribution in [3.8, 4) is 0 Å². The number of fused-ring (bicyclic) bond motifs is 1. The van der Waals surface area contributed by atoms with Gasteiger partial charge in [-0.3, -0.25) is 0 Å². The first-order valence-electron chi connectivity index (χ1n) is 6.66. The van der Waals surface area contributed by atoms with Crippen molar-refractivity contribution in [2.75, 3.05) is 18.4 Å².